The first-order chi connectivity index (χ1) is 16.6. The van der Waals surface area contributed by atoms with E-state index in [1.54, 1.807) is 54.6 Å². The summed E-state index contributed by atoms with van der Waals surface area (Å²) in [4.78, 5) is 24.7. The summed E-state index contributed by atoms with van der Waals surface area (Å²) in [6.07, 6.45) is 0.763. The van der Waals surface area contributed by atoms with Crippen LogP contribution in [-0.4, -0.2) is 25.0 Å². The molecule has 0 radical (unpaired) electrons. The Morgan fingerprint density at radius 3 is 2.62 bits per heavy atom. The number of ether oxygens (including phenoxy) is 2. The van der Waals surface area contributed by atoms with E-state index >= 15 is 0 Å². The number of benzene rings is 3. The molecule has 0 spiro atoms. The fourth-order valence-electron chi connectivity index (χ4n) is 3.27. The number of carbonyl (C=O) groups is 2. The average molecular weight is 458 g/mol. The molecule has 3 aromatic carbocycles. The molecule has 0 saturated heterocycles. The third kappa shape index (κ3) is 7.38. The number of nitriles is 1. The quantitative estimate of drug-likeness (QED) is 0.407. The molecule has 7 nitrogen and oxygen atoms in total. The van der Waals surface area contributed by atoms with Crippen molar-refractivity contribution in [3.05, 3.63) is 89.5 Å². The Balaban J connectivity index is 1.43. The van der Waals surface area contributed by atoms with Crippen LogP contribution in [0.3, 0.4) is 0 Å². The van der Waals surface area contributed by atoms with Crippen LogP contribution in [-0.2, 0) is 11.4 Å². The predicted molar refractivity (Wildman–Crippen MR) is 130 cm³/mol. The number of carbonyl (C=O) groups excluding carboxylic acids is 2. The Kier molecular flexibility index (Phi) is 9.06. The third-order valence-corrected chi connectivity index (χ3v) is 4.88. The smallest absolute Gasteiger partial charge is 0.255 e. The van der Waals surface area contributed by atoms with Gasteiger partial charge in [0, 0.05) is 24.7 Å². The number of nitrogens with zero attached hydrogens (tertiary/aromatic N) is 1. The van der Waals surface area contributed by atoms with Gasteiger partial charge in [-0.05, 0) is 55.3 Å². The highest BCUT2D eigenvalue weighted by atomic mass is 16.5. The molecule has 0 atom stereocenters. The molecule has 0 heterocycles. The summed E-state index contributed by atoms with van der Waals surface area (Å²) < 4.78 is 11.3. The Bertz CT molecular complexity index is 1170. The van der Waals surface area contributed by atoms with Gasteiger partial charge in [-0.2, -0.15) is 5.26 Å². The first-order valence-corrected chi connectivity index (χ1v) is 11.1. The summed E-state index contributed by atoms with van der Waals surface area (Å²) >= 11 is 0. The molecule has 7 heteroatoms. The highest BCUT2D eigenvalue weighted by Crippen LogP contribution is 2.20. The van der Waals surface area contributed by atoms with E-state index in [-0.39, 0.29) is 18.2 Å². The van der Waals surface area contributed by atoms with Gasteiger partial charge in [0.1, 0.15) is 18.1 Å². The molecular formula is C27H27N3O4. The van der Waals surface area contributed by atoms with Crippen LogP contribution >= 0.6 is 0 Å². The van der Waals surface area contributed by atoms with Crippen molar-refractivity contribution in [2.75, 3.05) is 18.5 Å². The summed E-state index contributed by atoms with van der Waals surface area (Å²) in [6.45, 7) is 3.03. The Morgan fingerprint density at radius 1 is 0.971 bits per heavy atom. The molecule has 3 rings (SSSR count). The van der Waals surface area contributed by atoms with Crippen molar-refractivity contribution >= 4 is 17.5 Å². The molecule has 0 unspecified atom stereocenters. The highest BCUT2D eigenvalue weighted by Gasteiger charge is 2.11. The molecule has 0 fully saturated rings. The average Bonchev–Trinajstić information content (AvgIpc) is 2.86. The van der Waals surface area contributed by atoms with Crippen LogP contribution in [0.25, 0.3) is 0 Å². The van der Waals surface area contributed by atoms with E-state index in [9.17, 15) is 9.59 Å². The lowest BCUT2D eigenvalue weighted by Crippen LogP contribution is -2.26. The van der Waals surface area contributed by atoms with Gasteiger partial charge in [0.2, 0.25) is 5.91 Å². The largest absolute Gasteiger partial charge is 0.493 e. The van der Waals surface area contributed by atoms with Crippen LogP contribution in [0.15, 0.2) is 72.8 Å². The summed E-state index contributed by atoms with van der Waals surface area (Å²) in [5.41, 5.74) is 2.57. The second-order valence-electron chi connectivity index (χ2n) is 7.47. The van der Waals surface area contributed by atoms with Crippen molar-refractivity contribution in [1.29, 1.82) is 5.26 Å². The third-order valence-electron chi connectivity index (χ3n) is 4.88. The predicted octanol–water partition coefficient (Wildman–Crippen LogP) is 4.68. The maximum Gasteiger partial charge on any atom is 0.255 e. The van der Waals surface area contributed by atoms with E-state index in [2.05, 4.69) is 16.7 Å². The van der Waals surface area contributed by atoms with Crippen LogP contribution in [0.4, 0.5) is 5.69 Å². The number of nitrogens with one attached hydrogen (secondary N) is 2. The van der Waals surface area contributed by atoms with Crippen molar-refractivity contribution in [3.8, 4) is 17.6 Å². The molecule has 2 N–H and O–H groups in total. The lowest BCUT2D eigenvalue weighted by molar-refractivity contribution is -0.116. The zero-order valence-electron chi connectivity index (χ0n) is 19.0. The lowest BCUT2D eigenvalue weighted by atomic mass is 10.1. The van der Waals surface area contributed by atoms with Crippen LogP contribution in [0.5, 0.6) is 11.5 Å². The number of anilines is 1. The van der Waals surface area contributed by atoms with Crippen LogP contribution in [0, 0.1) is 11.3 Å². The van der Waals surface area contributed by atoms with Gasteiger partial charge in [-0.1, -0.05) is 30.3 Å². The van der Waals surface area contributed by atoms with E-state index < -0.39 is 0 Å². The number of hydrogen-bond acceptors (Lipinski definition) is 5. The topological polar surface area (TPSA) is 100 Å². The number of rotatable bonds is 11. The van der Waals surface area contributed by atoms with Crippen molar-refractivity contribution in [1.82, 2.24) is 5.32 Å². The summed E-state index contributed by atoms with van der Waals surface area (Å²) in [5, 5.41) is 14.7. The van der Waals surface area contributed by atoms with Gasteiger partial charge >= 0.3 is 0 Å². The molecule has 0 aliphatic heterocycles. The van der Waals surface area contributed by atoms with Crippen LogP contribution in [0.2, 0.25) is 0 Å². The first-order valence-electron chi connectivity index (χ1n) is 11.1. The van der Waals surface area contributed by atoms with Crippen LogP contribution in [0.1, 0.15) is 41.3 Å². The molecule has 0 bridgehead atoms. The molecule has 3 aromatic rings. The zero-order valence-corrected chi connectivity index (χ0v) is 19.0. The van der Waals surface area contributed by atoms with E-state index in [4.69, 9.17) is 14.7 Å². The van der Waals surface area contributed by atoms with E-state index in [0.717, 1.165) is 5.56 Å². The van der Waals surface area contributed by atoms with E-state index in [1.165, 1.54) is 0 Å². The molecular weight excluding hydrogens is 430 g/mol. The van der Waals surface area contributed by atoms with Crippen LogP contribution < -0.4 is 20.1 Å². The fraction of sp³-hybridized carbons (Fsp3) is 0.222. The molecule has 0 saturated carbocycles. The van der Waals surface area contributed by atoms with Gasteiger partial charge in [-0.25, -0.2) is 0 Å². The summed E-state index contributed by atoms with van der Waals surface area (Å²) in [6, 6.07) is 23.5. The first kappa shape index (κ1) is 24.3. The number of hydrogen-bond donors (Lipinski definition) is 2. The maximum absolute atomic E-state index is 12.4. The minimum Gasteiger partial charge on any atom is -0.493 e. The normalized spacial score (nSPS) is 10.1. The standard InChI is InChI=1S/C27H27N3O4/c1-2-33-25-13-4-3-12-24(25)27(32)29-15-7-14-26(31)30-22-10-6-11-23(17-22)34-19-21-9-5-8-20(16-21)18-28/h3-6,8-13,16-17H,2,7,14-15,19H2,1H3,(H,29,32)(H,30,31). The van der Waals surface area contributed by atoms with Gasteiger partial charge in [-0.3, -0.25) is 9.59 Å². The van der Waals surface area contributed by atoms with Gasteiger partial charge in [-0.15, -0.1) is 0 Å². The fourth-order valence-corrected chi connectivity index (χ4v) is 3.27. The second kappa shape index (κ2) is 12.7. The van der Waals surface area contributed by atoms with E-state index in [1.807, 2.05) is 25.1 Å². The maximum atomic E-state index is 12.4. The molecule has 0 aliphatic carbocycles. The highest BCUT2D eigenvalue weighted by molar-refractivity contribution is 5.97. The SMILES string of the molecule is CCOc1ccccc1C(=O)NCCCC(=O)Nc1cccc(OCc2cccc(C#N)c2)c1. The second-order valence-corrected chi connectivity index (χ2v) is 7.47. The van der Waals surface area contributed by atoms with Gasteiger partial charge < -0.3 is 20.1 Å². The van der Waals surface area contributed by atoms with Gasteiger partial charge in [0.15, 0.2) is 0 Å². The molecule has 174 valence electrons. The van der Waals surface area contributed by atoms with Crippen molar-refractivity contribution in [2.45, 2.75) is 26.4 Å². The van der Waals surface area contributed by atoms with E-state index in [0.29, 0.717) is 54.5 Å². The summed E-state index contributed by atoms with van der Waals surface area (Å²) in [5.74, 6) is 0.776. The minimum atomic E-state index is -0.227. The minimum absolute atomic E-state index is 0.150. The Morgan fingerprint density at radius 2 is 1.79 bits per heavy atom. The summed E-state index contributed by atoms with van der Waals surface area (Å²) in [7, 11) is 0. The molecule has 2 amide bonds. The molecule has 0 aromatic heterocycles. The van der Waals surface area contributed by atoms with Gasteiger partial charge in [0.25, 0.3) is 5.91 Å². The Hall–Kier alpha value is -4.31. The van der Waals surface area contributed by atoms with Crippen molar-refractivity contribution in [2.24, 2.45) is 0 Å². The van der Waals surface area contributed by atoms with Crippen molar-refractivity contribution < 1.29 is 19.1 Å². The number of para-hydroxylation sites is 1. The monoisotopic (exact) mass is 457 g/mol. The molecule has 34 heavy (non-hydrogen) atoms. The lowest BCUT2D eigenvalue weighted by Gasteiger charge is -2.11. The van der Waals surface area contributed by atoms with Gasteiger partial charge in [0.05, 0.1) is 23.8 Å². The van der Waals surface area contributed by atoms with Crippen molar-refractivity contribution in [3.63, 3.8) is 0 Å². The zero-order chi connectivity index (χ0) is 24.2. The number of amides is 2. The Labute approximate surface area is 199 Å². The molecule has 0 aliphatic rings.